The van der Waals surface area contributed by atoms with Crippen molar-refractivity contribution in [3.63, 3.8) is 0 Å². The summed E-state index contributed by atoms with van der Waals surface area (Å²) in [6.07, 6.45) is 6.45. The fraction of sp³-hybridized carbons (Fsp3) is 0.688. The highest BCUT2D eigenvalue weighted by Crippen LogP contribution is 2.66. The number of carbonyl (C=O) groups is 1. The van der Waals surface area contributed by atoms with Gasteiger partial charge in [0.2, 0.25) is 0 Å². The smallest absolute Gasteiger partial charge is 0.330 e. The van der Waals surface area contributed by atoms with Gasteiger partial charge in [-0.05, 0) is 31.9 Å². The maximum atomic E-state index is 11.2. The Morgan fingerprint density at radius 2 is 2.00 bits per heavy atom. The molecule has 3 unspecified atom stereocenters. The first kappa shape index (κ1) is 15.3. The third-order valence-corrected chi connectivity index (χ3v) is 4.63. The largest absolute Gasteiger partial charge is 0.466 e. The molecule has 0 bridgehead atoms. The zero-order chi connectivity index (χ0) is 15.2. The van der Waals surface area contributed by atoms with Crippen LogP contribution < -0.4 is 0 Å². The number of carbonyl (C=O) groups excluding carboxylic acids is 1. The van der Waals surface area contributed by atoms with Crippen molar-refractivity contribution in [3.8, 4) is 0 Å². The molecule has 1 saturated heterocycles. The van der Waals surface area contributed by atoms with Gasteiger partial charge in [-0.1, -0.05) is 19.9 Å². The molecule has 2 fully saturated rings. The number of hydrogen-bond donors (Lipinski definition) is 1. The molecule has 0 aromatic heterocycles. The van der Waals surface area contributed by atoms with Crippen LogP contribution >= 0.6 is 0 Å². The summed E-state index contributed by atoms with van der Waals surface area (Å²) >= 11 is 0. The van der Waals surface area contributed by atoms with Gasteiger partial charge in [0.05, 0.1) is 13.2 Å². The molecule has 1 aliphatic heterocycles. The minimum absolute atomic E-state index is 0.137. The Bertz CT molecular complexity index is 477. The summed E-state index contributed by atoms with van der Waals surface area (Å²) < 4.78 is 10.6. The van der Waals surface area contributed by atoms with E-state index in [9.17, 15) is 9.90 Å². The summed E-state index contributed by atoms with van der Waals surface area (Å²) in [5.74, 6) is -0.359. The average Bonchev–Trinajstić information content (AvgIpc) is 2.92. The summed E-state index contributed by atoms with van der Waals surface area (Å²) in [5, 5.41) is 9.97. The van der Waals surface area contributed by atoms with E-state index in [1.807, 2.05) is 26.0 Å². The Labute approximate surface area is 120 Å². The van der Waals surface area contributed by atoms with Gasteiger partial charge < -0.3 is 14.6 Å². The monoisotopic (exact) mass is 280 g/mol. The number of fused-ring (bicyclic) bond motifs is 1. The topological polar surface area (TPSA) is 59.1 Å². The van der Waals surface area contributed by atoms with Gasteiger partial charge in [0.25, 0.3) is 0 Å². The SMILES string of the molecule is COC(=O)/C=C(C)/C=C/C12OC1(C)CC(O)CC2(C)C. The van der Waals surface area contributed by atoms with Gasteiger partial charge in [-0.15, -0.1) is 0 Å². The minimum Gasteiger partial charge on any atom is -0.466 e. The van der Waals surface area contributed by atoms with E-state index < -0.39 is 0 Å². The molecule has 4 heteroatoms. The second kappa shape index (κ2) is 4.71. The van der Waals surface area contributed by atoms with Crippen LogP contribution in [0, 0.1) is 5.41 Å². The van der Waals surface area contributed by atoms with Crippen molar-refractivity contribution >= 4 is 5.97 Å². The van der Waals surface area contributed by atoms with E-state index in [0.717, 1.165) is 5.57 Å². The van der Waals surface area contributed by atoms with Crippen LogP contribution in [0.3, 0.4) is 0 Å². The summed E-state index contributed by atoms with van der Waals surface area (Å²) in [5.41, 5.74) is 0.0215. The highest BCUT2D eigenvalue weighted by atomic mass is 16.6. The van der Waals surface area contributed by atoms with Crippen LogP contribution in [0.4, 0.5) is 0 Å². The number of rotatable bonds is 3. The lowest BCUT2D eigenvalue weighted by atomic mass is 9.63. The second-order valence-corrected chi connectivity index (χ2v) is 6.76. The molecule has 1 N–H and O–H groups in total. The number of methoxy groups -OCH3 is 1. The Balaban J connectivity index is 2.21. The maximum absolute atomic E-state index is 11.2. The molecule has 1 heterocycles. The number of aliphatic hydroxyl groups excluding tert-OH is 1. The van der Waals surface area contributed by atoms with E-state index in [1.54, 1.807) is 0 Å². The number of allylic oxidation sites excluding steroid dienone is 2. The third kappa shape index (κ3) is 2.31. The second-order valence-electron chi connectivity index (χ2n) is 6.76. The number of hydrogen-bond acceptors (Lipinski definition) is 4. The minimum atomic E-state index is -0.359. The average molecular weight is 280 g/mol. The maximum Gasteiger partial charge on any atom is 0.330 e. The molecular formula is C16H24O4. The van der Waals surface area contributed by atoms with E-state index in [2.05, 4.69) is 18.6 Å². The van der Waals surface area contributed by atoms with Crippen LogP contribution in [0.5, 0.6) is 0 Å². The highest BCUT2D eigenvalue weighted by molar-refractivity contribution is 5.83. The predicted molar refractivity (Wildman–Crippen MR) is 76.2 cm³/mol. The lowest BCUT2D eigenvalue weighted by Crippen LogP contribution is -2.46. The molecule has 0 aromatic rings. The summed E-state index contributed by atoms with van der Waals surface area (Å²) in [6.45, 7) is 8.13. The van der Waals surface area contributed by atoms with Crippen LogP contribution in [0.25, 0.3) is 0 Å². The zero-order valence-electron chi connectivity index (χ0n) is 12.9. The first-order valence-electron chi connectivity index (χ1n) is 6.99. The molecule has 2 rings (SSSR count). The molecule has 4 nitrogen and oxygen atoms in total. The van der Waals surface area contributed by atoms with Crippen molar-refractivity contribution in [3.05, 3.63) is 23.8 Å². The van der Waals surface area contributed by atoms with Crippen molar-refractivity contribution in [1.82, 2.24) is 0 Å². The summed E-state index contributed by atoms with van der Waals surface area (Å²) in [6, 6.07) is 0. The van der Waals surface area contributed by atoms with Gasteiger partial charge in [0.1, 0.15) is 11.2 Å². The van der Waals surface area contributed by atoms with Crippen molar-refractivity contribution in [1.29, 1.82) is 0 Å². The lowest BCUT2D eigenvalue weighted by Gasteiger charge is -2.39. The molecular weight excluding hydrogens is 256 g/mol. The highest BCUT2D eigenvalue weighted by Gasteiger charge is 2.74. The van der Waals surface area contributed by atoms with Crippen LogP contribution in [0.1, 0.15) is 40.5 Å². The number of epoxide rings is 1. The Kier molecular flexibility index (Phi) is 3.59. The molecule has 1 saturated carbocycles. The van der Waals surface area contributed by atoms with Gasteiger partial charge in [0.15, 0.2) is 0 Å². The van der Waals surface area contributed by atoms with Crippen molar-refractivity contribution in [2.24, 2.45) is 5.41 Å². The molecule has 0 radical (unpaired) electrons. The fourth-order valence-corrected chi connectivity index (χ4v) is 3.62. The molecule has 2 aliphatic rings. The van der Waals surface area contributed by atoms with E-state index in [4.69, 9.17) is 4.74 Å². The first-order chi connectivity index (χ1) is 9.16. The standard InChI is InChI=1S/C16H24O4/c1-11(8-13(18)19-5)6-7-16-14(2,3)9-12(17)10-15(16,4)20-16/h6-8,12,17H,9-10H2,1-5H3/b7-6+,11-8+. The molecule has 3 atom stereocenters. The predicted octanol–water partition coefficient (Wildman–Crippen LogP) is 2.37. The van der Waals surface area contributed by atoms with Gasteiger partial charge >= 0.3 is 5.97 Å². The Morgan fingerprint density at radius 3 is 2.55 bits per heavy atom. The van der Waals surface area contributed by atoms with Crippen LogP contribution in [0.2, 0.25) is 0 Å². The summed E-state index contributed by atoms with van der Waals surface area (Å²) in [4.78, 5) is 11.2. The number of esters is 1. The van der Waals surface area contributed by atoms with Crippen molar-refractivity contribution in [2.45, 2.75) is 57.8 Å². The van der Waals surface area contributed by atoms with Crippen molar-refractivity contribution < 1.29 is 19.4 Å². The lowest BCUT2D eigenvalue weighted by molar-refractivity contribution is -0.134. The zero-order valence-corrected chi connectivity index (χ0v) is 12.9. The van der Waals surface area contributed by atoms with Gasteiger partial charge in [-0.3, -0.25) is 0 Å². The molecule has 1 aliphatic carbocycles. The third-order valence-electron chi connectivity index (χ3n) is 4.63. The molecule has 112 valence electrons. The van der Waals surface area contributed by atoms with Crippen LogP contribution in [0.15, 0.2) is 23.8 Å². The van der Waals surface area contributed by atoms with E-state index in [1.165, 1.54) is 13.2 Å². The molecule has 0 aromatic carbocycles. The Hall–Kier alpha value is -1.13. The van der Waals surface area contributed by atoms with Crippen LogP contribution in [-0.4, -0.2) is 35.5 Å². The molecule has 20 heavy (non-hydrogen) atoms. The molecule has 0 amide bonds. The normalized spacial score (nSPS) is 39.5. The first-order valence-corrected chi connectivity index (χ1v) is 6.99. The Morgan fingerprint density at radius 1 is 1.35 bits per heavy atom. The van der Waals surface area contributed by atoms with E-state index >= 15 is 0 Å². The van der Waals surface area contributed by atoms with E-state index in [-0.39, 0.29) is 28.7 Å². The summed E-state index contributed by atoms with van der Waals surface area (Å²) in [7, 11) is 1.36. The van der Waals surface area contributed by atoms with Gasteiger partial charge in [-0.2, -0.15) is 0 Å². The van der Waals surface area contributed by atoms with Crippen LogP contribution in [-0.2, 0) is 14.3 Å². The van der Waals surface area contributed by atoms with E-state index in [0.29, 0.717) is 12.8 Å². The fourth-order valence-electron chi connectivity index (χ4n) is 3.62. The number of ether oxygens (including phenoxy) is 2. The quantitative estimate of drug-likeness (QED) is 0.373. The number of aliphatic hydroxyl groups is 1. The van der Waals surface area contributed by atoms with Gasteiger partial charge in [0, 0.05) is 17.9 Å². The van der Waals surface area contributed by atoms with Crippen molar-refractivity contribution in [2.75, 3.05) is 7.11 Å². The molecule has 0 spiro atoms. The van der Waals surface area contributed by atoms with Gasteiger partial charge in [-0.25, -0.2) is 4.79 Å².